The summed E-state index contributed by atoms with van der Waals surface area (Å²) in [4.78, 5) is 32.4. The fourth-order valence-electron chi connectivity index (χ4n) is 0.755. The Labute approximate surface area is 82.0 Å². The molecule has 0 aromatic heterocycles. The number of rotatable bonds is 4. The molecule has 2 amide bonds. The van der Waals surface area contributed by atoms with Gasteiger partial charge in [-0.1, -0.05) is 0 Å². The number of nitrogens with one attached hydrogen (secondary N) is 2. The van der Waals surface area contributed by atoms with Gasteiger partial charge in [0.05, 0.1) is 7.11 Å². The van der Waals surface area contributed by atoms with Crippen LogP contribution >= 0.6 is 0 Å². The molecule has 1 unspecified atom stereocenters. The van der Waals surface area contributed by atoms with Gasteiger partial charge in [0, 0.05) is 6.92 Å². The van der Waals surface area contributed by atoms with E-state index in [0.717, 1.165) is 0 Å². The number of hydrogen-bond acceptors (Lipinski definition) is 4. The second-order valence-corrected chi connectivity index (χ2v) is 2.72. The second kappa shape index (κ2) is 5.95. The average molecular weight is 202 g/mol. The van der Waals surface area contributed by atoms with Gasteiger partial charge < -0.3 is 15.4 Å². The summed E-state index contributed by atoms with van der Waals surface area (Å²) in [5, 5.41) is 4.69. The minimum Gasteiger partial charge on any atom is -0.468 e. The van der Waals surface area contributed by atoms with Crippen molar-refractivity contribution in [3.63, 3.8) is 0 Å². The maximum absolute atomic E-state index is 11.2. The zero-order valence-electron chi connectivity index (χ0n) is 8.42. The molecule has 80 valence electrons. The molecular formula is C8H14N2O4. The molecule has 6 heteroatoms. The lowest BCUT2D eigenvalue weighted by molar-refractivity contribution is -0.141. The van der Waals surface area contributed by atoms with Gasteiger partial charge in [0.15, 0.2) is 0 Å². The summed E-state index contributed by atoms with van der Waals surface area (Å²) in [6.45, 7) is 2.64. The summed E-state index contributed by atoms with van der Waals surface area (Å²) in [6, 6.07) is -0.655. The van der Waals surface area contributed by atoms with E-state index in [0.29, 0.717) is 0 Å². The Morgan fingerprint density at radius 3 is 2.36 bits per heavy atom. The molecular weight excluding hydrogens is 188 g/mol. The highest BCUT2D eigenvalue weighted by Crippen LogP contribution is 1.82. The van der Waals surface area contributed by atoms with Crippen LogP contribution in [0.3, 0.4) is 0 Å². The van der Waals surface area contributed by atoms with Crippen molar-refractivity contribution in [2.45, 2.75) is 19.9 Å². The first-order chi connectivity index (χ1) is 6.47. The maximum Gasteiger partial charge on any atom is 0.325 e. The Morgan fingerprint density at radius 2 is 1.93 bits per heavy atom. The number of ether oxygens (including phenoxy) is 1. The summed E-state index contributed by atoms with van der Waals surface area (Å²) in [5.74, 6) is -1.26. The predicted molar refractivity (Wildman–Crippen MR) is 48.3 cm³/mol. The molecule has 0 bridgehead atoms. The van der Waals surface area contributed by atoms with Gasteiger partial charge in [0.25, 0.3) is 0 Å². The first-order valence-corrected chi connectivity index (χ1v) is 4.09. The minimum atomic E-state index is -0.655. The molecule has 2 N–H and O–H groups in total. The van der Waals surface area contributed by atoms with E-state index in [1.54, 1.807) is 0 Å². The van der Waals surface area contributed by atoms with Crippen LogP contribution in [0, 0.1) is 0 Å². The van der Waals surface area contributed by atoms with Crippen LogP contribution in [-0.4, -0.2) is 37.5 Å². The Bertz CT molecular complexity index is 239. The fraction of sp³-hybridized carbons (Fsp3) is 0.625. The summed E-state index contributed by atoms with van der Waals surface area (Å²) in [5.41, 5.74) is 0. The van der Waals surface area contributed by atoms with Gasteiger partial charge in [-0.25, -0.2) is 0 Å². The highest BCUT2D eigenvalue weighted by molar-refractivity contribution is 5.88. The standard InChI is InChI=1S/C8H14N2O4/c1-5(10-6(2)11)8(13)9-4-7(12)14-3/h5H,4H2,1-3H3,(H,9,13)(H,10,11). The molecule has 0 aromatic rings. The van der Waals surface area contributed by atoms with Gasteiger partial charge in [-0.15, -0.1) is 0 Å². The predicted octanol–water partition coefficient (Wildman–Crippen LogP) is -1.20. The number of methoxy groups -OCH3 is 1. The molecule has 0 aliphatic heterocycles. The van der Waals surface area contributed by atoms with Crippen molar-refractivity contribution in [2.24, 2.45) is 0 Å². The van der Waals surface area contributed by atoms with Crippen LogP contribution in [0.1, 0.15) is 13.8 Å². The van der Waals surface area contributed by atoms with Gasteiger partial charge in [0.1, 0.15) is 12.6 Å². The SMILES string of the molecule is COC(=O)CNC(=O)C(C)NC(C)=O. The summed E-state index contributed by atoms with van der Waals surface area (Å²) in [7, 11) is 1.23. The summed E-state index contributed by atoms with van der Waals surface area (Å²) in [6.07, 6.45) is 0. The monoisotopic (exact) mass is 202 g/mol. The molecule has 0 radical (unpaired) electrons. The molecule has 0 heterocycles. The van der Waals surface area contributed by atoms with E-state index in [9.17, 15) is 14.4 Å². The largest absolute Gasteiger partial charge is 0.468 e. The van der Waals surface area contributed by atoms with Gasteiger partial charge >= 0.3 is 5.97 Å². The van der Waals surface area contributed by atoms with Gasteiger partial charge in [-0.3, -0.25) is 14.4 Å². The molecule has 0 saturated carbocycles. The molecule has 0 rings (SSSR count). The van der Waals surface area contributed by atoms with Crippen molar-refractivity contribution in [3.05, 3.63) is 0 Å². The fourth-order valence-corrected chi connectivity index (χ4v) is 0.755. The summed E-state index contributed by atoms with van der Waals surface area (Å²) >= 11 is 0. The number of esters is 1. The van der Waals surface area contributed by atoms with E-state index in [-0.39, 0.29) is 12.5 Å². The lowest BCUT2D eigenvalue weighted by atomic mass is 10.3. The third-order valence-electron chi connectivity index (χ3n) is 1.45. The minimum absolute atomic E-state index is 0.195. The first-order valence-electron chi connectivity index (χ1n) is 4.09. The van der Waals surface area contributed by atoms with Crippen molar-refractivity contribution in [3.8, 4) is 0 Å². The van der Waals surface area contributed by atoms with Crippen molar-refractivity contribution < 1.29 is 19.1 Å². The molecule has 0 aliphatic rings. The van der Waals surface area contributed by atoms with E-state index in [1.165, 1.54) is 21.0 Å². The number of carbonyl (C=O) groups excluding carboxylic acids is 3. The Kier molecular flexibility index (Phi) is 5.28. The molecule has 14 heavy (non-hydrogen) atoms. The lowest BCUT2D eigenvalue weighted by Crippen LogP contribution is -2.45. The zero-order chi connectivity index (χ0) is 11.1. The topological polar surface area (TPSA) is 84.5 Å². The van der Waals surface area contributed by atoms with Crippen molar-refractivity contribution in [1.82, 2.24) is 10.6 Å². The van der Waals surface area contributed by atoms with Gasteiger partial charge in [-0.2, -0.15) is 0 Å². The number of hydrogen-bond donors (Lipinski definition) is 2. The molecule has 0 fully saturated rings. The van der Waals surface area contributed by atoms with E-state index < -0.39 is 17.9 Å². The second-order valence-electron chi connectivity index (χ2n) is 2.72. The number of carbonyl (C=O) groups is 3. The normalized spacial score (nSPS) is 11.4. The smallest absolute Gasteiger partial charge is 0.325 e. The van der Waals surface area contributed by atoms with Crippen LogP contribution in [0.15, 0.2) is 0 Å². The van der Waals surface area contributed by atoms with Crippen LogP contribution < -0.4 is 10.6 Å². The molecule has 0 saturated heterocycles. The zero-order valence-corrected chi connectivity index (χ0v) is 8.42. The van der Waals surface area contributed by atoms with Crippen molar-refractivity contribution >= 4 is 17.8 Å². The first kappa shape index (κ1) is 12.4. The molecule has 6 nitrogen and oxygen atoms in total. The van der Waals surface area contributed by atoms with E-state index in [2.05, 4.69) is 15.4 Å². The highest BCUT2D eigenvalue weighted by Gasteiger charge is 2.14. The average Bonchev–Trinajstić information content (AvgIpc) is 2.12. The molecule has 0 spiro atoms. The maximum atomic E-state index is 11.2. The van der Waals surface area contributed by atoms with Gasteiger partial charge in [-0.05, 0) is 6.92 Å². The third kappa shape index (κ3) is 5.13. The lowest BCUT2D eigenvalue weighted by Gasteiger charge is -2.11. The Morgan fingerprint density at radius 1 is 1.36 bits per heavy atom. The van der Waals surface area contributed by atoms with E-state index >= 15 is 0 Å². The van der Waals surface area contributed by atoms with Gasteiger partial charge in [0.2, 0.25) is 11.8 Å². The van der Waals surface area contributed by atoms with E-state index in [1.807, 2.05) is 0 Å². The van der Waals surface area contributed by atoms with Crippen LogP contribution in [0.4, 0.5) is 0 Å². The molecule has 0 aromatic carbocycles. The van der Waals surface area contributed by atoms with E-state index in [4.69, 9.17) is 0 Å². The van der Waals surface area contributed by atoms with Crippen LogP contribution in [0.5, 0.6) is 0 Å². The third-order valence-corrected chi connectivity index (χ3v) is 1.45. The van der Waals surface area contributed by atoms with Crippen LogP contribution in [0.25, 0.3) is 0 Å². The van der Waals surface area contributed by atoms with Crippen LogP contribution in [-0.2, 0) is 19.1 Å². The van der Waals surface area contributed by atoms with Crippen LogP contribution in [0.2, 0.25) is 0 Å². The van der Waals surface area contributed by atoms with Crippen molar-refractivity contribution in [1.29, 1.82) is 0 Å². The highest BCUT2D eigenvalue weighted by atomic mass is 16.5. The molecule has 0 aliphatic carbocycles. The van der Waals surface area contributed by atoms with Crippen molar-refractivity contribution in [2.75, 3.05) is 13.7 Å². The molecule has 1 atom stereocenters. The Hall–Kier alpha value is -1.59. The quantitative estimate of drug-likeness (QED) is 0.561. The number of amides is 2. The summed E-state index contributed by atoms with van der Waals surface area (Å²) < 4.78 is 4.32. The Balaban J connectivity index is 3.84.